The van der Waals surface area contributed by atoms with Crippen molar-refractivity contribution in [1.29, 1.82) is 0 Å². The molecular weight excluding hydrogens is 380 g/mol. The lowest BCUT2D eigenvalue weighted by Crippen LogP contribution is -2.42. The zero-order valence-electron chi connectivity index (χ0n) is 17.2. The van der Waals surface area contributed by atoms with Crippen molar-refractivity contribution in [2.75, 3.05) is 13.1 Å². The maximum atomic E-state index is 13.2. The molecule has 3 nitrogen and oxygen atoms in total. The lowest BCUT2D eigenvalue weighted by Gasteiger charge is -2.25. The van der Waals surface area contributed by atoms with E-state index < -0.39 is 0 Å². The van der Waals surface area contributed by atoms with Gasteiger partial charge < -0.3 is 5.32 Å². The van der Waals surface area contributed by atoms with Crippen LogP contribution in [0.25, 0.3) is 0 Å². The van der Waals surface area contributed by atoms with Crippen molar-refractivity contribution >= 4 is 17.5 Å². The number of hydrogen-bond donors (Lipinski definition) is 1. The van der Waals surface area contributed by atoms with Gasteiger partial charge in [-0.05, 0) is 54.4 Å². The van der Waals surface area contributed by atoms with Crippen LogP contribution < -0.4 is 5.32 Å². The van der Waals surface area contributed by atoms with Crippen LogP contribution in [0, 0.1) is 11.8 Å². The van der Waals surface area contributed by atoms with Crippen molar-refractivity contribution in [3.05, 3.63) is 70.7 Å². The lowest BCUT2D eigenvalue weighted by molar-refractivity contribution is -0.123. The van der Waals surface area contributed by atoms with Gasteiger partial charge in [-0.25, -0.2) is 0 Å². The van der Waals surface area contributed by atoms with Crippen molar-refractivity contribution in [3.8, 4) is 0 Å². The van der Waals surface area contributed by atoms with Gasteiger partial charge in [0, 0.05) is 30.7 Å². The summed E-state index contributed by atoms with van der Waals surface area (Å²) in [5.74, 6) is 1.39. The zero-order chi connectivity index (χ0) is 20.2. The molecule has 2 aromatic rings. The fraction of sp³-hybridized carbons (Fsp3) is 0.480. The zero-order valence-corrected chi connectivity index (χ0v) is 17.9. The van der Waals surface area contributed by atoms with E-state index in [-0.39, 0.29) is 11.8 Å². The third kappa shape index (κ3) is 4.84. The van der Waals surface area contributed by atoms with Crippen LogP contribution in [0.1, 0.15) is 49.7 Å². The predicted octanol–water partition coefficient (Wildman–Crippen LogP) is 5.25. The molecule has 4 atom stereocenters. The minimum Gasteiger partial charge on any atom is -0.353 e. The van der Waals surface area contributed by atoms with Crippen molar-refractivity contribution in [2.45, 2.75) is 51.1 Å². The largest absolute Gasteiger partial charge is 0.353 e. The van der Waals surface area contributed by atoms with Gasteiger partial charge in [0.05, 0.1) is 5.92 Å². The highest BCUT2D eigenvalue weighted by atomic mass is 35.5. The van der Waals surface area contributed by atoms with Crippen LogP contribution in [0.2, 0.25) is 5.02 Å². The number of halogens is 1. The highest BCUT2D eigenvalue weighted by Gasteiger charge is 2.43. The number of carbonyl (C=O) groups is 1. The number of nitrogens with one attached hydrogen (secondary N) is 1. The molecule has 0 radical (unpaired) electrons. The Labute approximate surface area is 179 Å². The Balaban J connectivity index is 1.38. The van der Waals surface area contributed by atoms with E-state index in [0.717, 1.165) is 44.5 Å². The summed E-state index contributed by atoms with van der Waals surface area (Å²) >= 11 is 6.04. The van der Waals surface area contributed by atoms with Crippen LogP contribution in [0.4, 0.5) is 0 Å². The van der Waals surface area contributed by atoms with Gasteiger partial charge in [0.15, 0.2) is 0 Å². The standard InChI is InChI=1S/C25H31ClN2O/c1-2-6-22(19-9-12-21(26)13-10-19)25(29)27-24-14-11-20-16-28(17-23(20)24)15-18-7-4-3-5-8-18/h3-5,7-10,12-13,20,22-24H,2,6,11,14-17H2,1H3,(H,27,29)/t20-,22?,23+,24+/m1/s1. The summed E-state index contributed by atoms with van der Waals surface area (Å²) in [6.07, 6.45) is 4.19. The van der Waals surface area contributed by atoms with Crippen LogP contribution in [-0.4, -0.2) is 29.9 Å². The first-order valence-corrected chi connectivity index (χ1v) is 11.3. The summed E-state index contributed by atoms with van der Waals surface area (Å²) in [7, 11) is 0. The number of amides is 1. The summed E-state index contributed by atoms with van der Waals surface area (Å²) in [5.41, 5.74) is 2.44. The SMILES string of the molecule is CCCC(C(=O)N[C@H]1CC[C@@H]2CN(Cc3ccccc3)C[C@@H]21)c1ccc(Cl)cc1. The smallest absolute Gasteiger partial charge is 0.227 e. The van der Waals surface area contributed by atoms with Gasteiger partial charge in [0.1, 0.15) is 0 Å². The average molecular weight is 411 g/mol. The fourth-order valence-electron chi connectivity index (χ4n) is 5.22. The van der Waals surface area contributed by atoms with E-state index in [1.165, 1.54) is 12.0 Å². The minimum absolute atomic E-state index is 0.0851. The van der Waals surface area contributed by atoms with Crippen LogP contribution in [0.15, 0.2) is 54.6 Å². The molecule has 4 heteroatoms. The Morgan fingerprint density at radius 2 is 1.86 bits per heavy atom. The quantitative estimate of drug-likeness (QED) is 0.676. The van der Waals surface area contributed by atoms with Gasteiger partial charge in [-0.1, -0.05) is 67.4 Å². The molecule has 4 rings (SSSR count). The van der Waals surface area contributed by atoms with E-state index in [2.05, 4.69) is 47.5 Å². The Hall–Kier alpha value is -1.84. The molecule has 1 aliphatic carbocycles. The lowest BCUT2D eigenvalue weighted by atomic mass is 9.92. The number of benzene rings is 2. The molecule has 1 unspecified atom stereocenters. The summed E-state index contributed by atoms with van der Waals surface area (Å²) in [6, 6.07) is 18.8. The van der Waals surface area contributed by atoms with Crippen LogP contribution in [-0.2, 0) is 11.3 Å². The summed E-state index contributed by atoms with van der Waals surface area (Å²) < 4.78 is 0. The summed E-state index contributed by atoms with van der Waals surface area (Å²) in [5, 5.41) is 4.15. The Morgan fingerprint density at radius 3 is 2.59 bits per heavy atom. The van der Waals surface area contributed by atoms with Gasteiger partial charge in [-0.3, -0.25) is 9.69 Å². The first-order chi connectivity index (χ1) is 14.1. The number of carbonyl (C=O) groups excluding carboxylic acids is 1. The third-order valence-corrected chi connectivity index (χ3v) is 6.93. The Morgan fingerprint density at radius 1 is 1.10 bits per heavy atom. The second kappa shape index (κ2) is 9.32. The summed E-state index contributed by atoms with van der Waals surface area (Å²) in [6.45, 7) is 5.39. The molecule has 1 aliphatic heterocycles. The molecule has 1 heterocycles. The van der Waals surface area contributed by atoms with Crippen molar-refractivity contribution in [2.24, 2.45) is 11.8 Å². The maximum absolute atomic E-state index is 13.2. The van der Waals surface area contributed by atoms with Crippen LogP contribution >= 0.6 is 11.6 Å². The molecule has 2 aliphatic rings. The van der Waals surface area contributed by atoms with Gasteiger partial charge in [0.25, 0.3) is 0 Å². The topological polar surface area (TPSA) is 32.3 Å². The molecule has 1 amide bonds. The third-order valence-electron chi connectivity index (χ3n) is 6.68. The van der Waals surface area contributed by atoms with Crippen LogP contribution in [0.3, 0.4) is 0 Å². The van der Waals surface area contributed by atoms with E-state index in [4.69, 9.17) is 11.6 Å². The van der Waals surface area contributed by atoms with E-state index >= 15 is 0 Å². The first kappa shape index (κ1) is 20.4. The Kier molecular flexibility index (Phi) is 6.56. The molecule has 2 fully saturated rings. The number of rotatable bonds is 7. The molecule has 2 aromatic carbocycles. The Bertz CT molecular complexity index is 807. The monoisotopic (exact) mass is 410 g/mol. The number of fused-ring (bicyclic) bond motifs is 1. The summed E-state index contributed by atoms with van der Waals surface area (Å²) in [4.78, 5) is 15.7. The number of likely N-dealkylation sites (tertiary alicyclic amines) is 1. The molecule has 1 saturated carbocycles. The van der Waals surface area contributed by atoms with E-state index in [9.17, 15) is 4.79 Å². The van der Waals surface area contributed by atoms with Gasteiger partial charge in [-0.2, -0.15) is 0 Å². The number of nitrogens with zero attached hydrogens (tertiary/aromatic N) is 1. The molecule has 29 heavy (non-hydrogen) atoms. The molecular formula is C25H31ClN2O. The molecule has 1 saturated heterocycles. The second-order valence-electron chi connectivity index (χ2n) is 8.69. The normalized spacial score (nSPS) is 25.0. The first-order valence-electron chi connectivity index (χ1n) is 11.0. The van der Waals surface area contributed by atoms with Gasteiger partial charge in [0.2, 0.25) is 5.91 Å². The second-order valence-corrected chi connectivity index (χ2v) is 9.13. The molecule has 0 spiro atoms. The maximum Gasteiger partial charge on any atom is 0.227 e. The minimum atomic E-state index is -0.0851. The van der Waals surface area contributed by atoms with Crippen molar-refractivity contribution in [1.82, 2.24) is 10.2 Å². The van der Waals surface area contributed by atoms with E-state index in [1.807, 2.05) is 24.3 Å². The molecule has 1 N–H and O–H groups in total. The predicted molar refractivity (Wildman–Crippen MR) is 119 cm³/mol. The van der Waals surface area contributed by atoms with Gasteiger partial charge >= 0.3 is 0 Å². The highest BCUT2D eigenvalue weighted by molar-refractivity contribution is 6.30. The average Bonchev–Trinajstić information content (AvgIpc) is 3.29. The highest BCUT2D eigenvalue weighted by Crippen LogP contribution is 2.39. The molecule has 0 bridgehead atoms. The van der Waals surface area contributed by atoms with E-state index in [1.54, 1.807) is 0 Å². The van der Waals surface area contributed by atoms with Crippen molar-refractivity contribution < 1.29 is 4.79 Å². The van der Waals surface area contributed by atoms with Crippen molar-refractivity contribution in [3.63, 3.8) is 0 Å². The molecule has 154 valence electrons. The van der Waals surface area contributed by atoms with Gasteiger partial charge in [-0.15, -0.1) is 0 Å². The molecule has 0 aromatic heterocycles. The number of hydrogen-bond acceptors (Lipinski definition) is 2. The van der Waals surface area contributed by atoms with Crippen LogP contribution in [0.5, 0.6) is 0 Å². The van der Waals surface area contributed by atoms with E-state index in [0.29, 0.717) is 22.9 Å². The fourth-order valence-corrected chi connectivity index (χ4v) is 5.35.